The minimum absolute atomic E-state index is 0.268. The van der Waals surface area contributed by atoms with E-state index in [-0.39, 0.29) is 17.7 Å². The summed E-state index contributed by atoms with van der Waals surface area (Å²) in [4.78, 5) is 9.08. The molecule has 0 saturated carbocycles. The van der Waals surface area contributed by atoms with Crippen molar-refractivity contribution in [1.82, 2.24) is 24.9 Å². The SMILES string of the molecule is C=C1Nc2nc(-n3cc(-c4ccon4)c(Cc4ccccc4F)n3)nc(N)c2C1(C)C. The number of fused-ring (bicyclic) bond motifs is 1. The van der Waals surface area contributed by atoms with Crippen LogP contribution in [0.1, 0.15) is 30.7 Å². The highest BCUT2D eigenvalue weighted by atomic mass is 19.1. The van der Waals surface area contributed by atoms with Crippen LogP contribution in [0.25, 0.3) is 17.2 Å². The lowest BCUT2D eigenvalue weighted by Gasteiger charge is -2.19. The summed E-state index contributed by atoms with van der Waals surface area (Å²) in [5.74, 6) is 0.946. The number of nitrogens with zero attached hydrogens (tertiary/aromatic N) is 5. The number of nitrogens with two attached hydrogens (primary N) is 1. The molecule has 0 saturated heterocycles. The summed E-state index contributed by atoms with van der Waals surface area (Å²) >= 11 is 0. The van der Waals surface area contributed by atoms with Gasteiger partial charge in [0.1, 0.15) is 29.4 Å². The van der Waals surface area contributed by atoms with Crippen molar-refractivity contribution in [3.05, 3.63) is 77.7 Å². The molecule has 0 bridgehead atoms. The quantitative estimate of drug-likeness (QED) is 0.519. The van der Waals surface area contributed by atoms with E-state index in [9.17, 15) is 4.39 Å². The molecule has 0 atom stereocenters. The molecular weight excluding hydrogens is 397 g/mol. The maximum atomic E-state index is 14.3. The Morgan fingerprint density at radius 3 is 2.77 bits per heavy atom. The first-order valence-corrected chi connectivity index (χ1v) is 9.72. The van der Waals surface area contributed by atoms with Gasteiger partial charge in [-0.3, -0.25) is 0 Å². The zero-order valence-electron chi connectivity index (χ0n) is 17.1. The van der Waals surface area contributed by atoms with Crippen molar-refractivity contribution in [3.63, 3.8) is 0 Å². The van der Waals surface area contributed by atoms with Crippen LogP contribution in [-0.4, -0.2) is 24.9 Å². The van der Waals surface area contributed by atoms with E-state index in [1.165, 1.54) is 17.0 Å². The van der Waals surface area contributed by atoms with Gasteiger partial charge in [-0.1, -0.05) is 29.9 Å². The van der Waals surface area contributed by atoms with Crippen molar-refractivity contribution in [2.24, 2.45) is 0 Å². The standard InChI is InChI=1S/C22H20FN7O/c1-12-22(2,3)18-19(24)26-21(27-20(18)25-12)30-11-14(16-8-9-31-29-16)17(28-30)10-13-6-4-5-7-15(13)23/h4-9,11H,1,10H2,2-3H3,(H3,24,25,26,27). The number of hydrogen-bond donors (Lipinski definition) is 2. The Bertz CT molecular complexity index is 1310. The van der Waals surface area contributed by atoms with Crippen LogP contribution in [0.3, 0.4) is 0 Å². The first-order valence-electron chi connectivity index (χ1n) is 9.72. The van der Waals surface area contributed by atoms with Crippen LogP contribution in [0.5, 0.6) is 0 Å². The zero-order valence-corrected chi connectivity index (χ0v) is 17.1. The summed E-state index contributed by atoms with van der Waals surface area (Å²) in [6.07, 6.45) is 3.48. The number of nitrogens with one attached hydrogen (secondary N) is 1. The van der Waals surface area contributed by atoms with Gasteiger partial charge >= 0.3 is 0 Å². The number of allylic oxidation sites excluding steroid dienone is 1. The van der Waals surface area contributed by atoms with Gasteiger partial charge in [0.15, 0.2) is 0 Å². The average Bonchev–Trinajstić information content (AvgIpc) is 3.43. The number of anilines is 2. The molecule has 9 heteroatoms. The Morgan fingerprint density at radius 2 is 2.03 bits per heavy atom. The van der Waals surface area contributed by atoms with E-state index in [0.29, 0.717) is 40.1 Å². The smallest absolute Gasteiger partial charge is 0.254 e. The van der Waals surface area contributed by atoms with Crippen molar-refractivity contribution < 1.29 is 8.91 Å². The maximum absolute atomic E-state index is 14.3. The fraction of sp³-hybridized carbons (Fsp3) is 0.182. The second kappa shape index (κ2) is 6.76. The van der Waals surface area contributed by atoms with Gasteiger partial charge in [0.2, 0.25) is 0 Å². The number of hydrogen-bond acceptors (Lipinski definition) is 7. The summed E-state index contributed by atoms with van der Waals surface area (Å²) in [6, 6.07) is 8.31. The van der Waals surface area contributed by atoms with Crippen molar-refractivity contribution >= 4 is 11.6 Å². The van der Waals surface area contributed by atoms with Gasteiger partial charge in [-0.15, -0.1) is 0 Å². The third-order valence-corrected chi connectivity index (χ3v) is 5.60. The predicted octanol–water partition coefficient (Wildman–Crippen LogP) is 3.85. The second-order valence-electron chi connectivity index (χ2n) is 7.95. The minimum Gasteiger partial charge on any atom is -0.383 e. The minimum atomic E-state index is -0.385. The molecule has 1 aromatic carbocycles. The van der Waals surface area contributed by atoms with Gasteiger partial charge in [-0.25, -0.2) is 9.07 Å². The Hall–Kier alpha value is -4.01. The second-order valence-corrected chi connectivity index (χ2v) is 7.95. The molecule has 4 heterocycles. The number of halogens is 1. The van der Waals surface area contributed by atoms with Crippen molar-refractivity contribution in [1.29, 1.82) is 0 Å². The van der Waals surface area contributed by atoms with Crippen LogP contribution in [0.2, 0.25) is 0 Å². The zero-order chi connectivity index (χ0) is 21.8. The monoisotopic (exact) mass is 417 g/mol. The van der Waals surface area contributed by atoms with Crippen molar-refractivity contribution in [3.8, 4) is 17.2 Å². The van der Waals surface area contributed by atoms with E-state index in [1.54, 1.807) is 30.5 Å². The van der Waals surface area contributed by atoms with Crippen molar-refractivity contribution in [2.45, 2.75) is 25.7 Å². The van der Waals surface area contributed by atoms with Crippen LogP contribution < -0.4 is 11.1 Å². The lowest BCUT2D eigenvalue weighted by molar-refractivity contribution is 0.422. The van der Waals surface area contributed by atoms with Crippen LogP contribution in [0, 0.1) is 5.82 Å². The molecule has 0 spiro atoms. The third-order valence-electron chi connectivity index (χ3n) is 5.60. The fourth-order valence-corrected chi connectivity index (χ4v) is 3.76. The third kappa shape index (κ3) is 3.05. The molecular formula is C22H20FN7O. The molecule has 4 aromatic rings. The Labute approximate surface area is 177 Å². The lowest BCUT2D eigenvalue weighted by atomic mass is 9.85. The summed E-state index contributed by atoms with van der Waals surface area (Å²) in [5.41, 5.74) is 9.90. The predicted molar refractivity (Wildman–Crippen MR) is 114 cm³/mol. The van der Waals surface area contributed by atoms with Crippen LogP contribution in [0.4, 0.5) is 16.0 Å². The number of benzene rings is 1. The molecule has 1 aliphatic rings. The molecule has 0 aliphatic carbocycles. The van der Waals surface area contributed by atoms with Gasteiger partial charge in [0.05, 0.1) is 5.69 Å². The van der Waals surface area contributed by atoms with Crippen LogP contribution in [0.15, 0.2) is 59.6 Å². The number of aromatic nitrogens is 5. The normalized spacial score (nSPS) is 14.5. The Morgan fingerprint density at radius 1 is 1.23 bits per heavy atom. The Kier molecular flexibility index (Phi) is 4.14. The molecule has 8 nitrogen and oxygen atoms in total. The highest BCUT2D eigenvalue weighted by Crippen LogP contribution is 2.44. The molecule has 0 radical (unpaired) electrons. The van der Waals surface area contributed by atoms with Gasteiger partial charge < -0.3 is 15.6 Å². The van der Waals surface area contributed by atoms with Gasteiger partial charge in [0, 0.05) is 40.9 Å². The maximum Gasteiger partial charge on any atom is 0.254 e. The molecule has 31 heavy (non-hydrogen) atoms. The molecule has 3 aromatic heterocycles. The average molecular weight is 417 g/mol. The van der Waals surface area contributed by atoms with E-state index < -0.39 is 0 Å². The first kappa shape index (κ1) is 19.0. The van der Waals surface area contributed by atoms with E-state index in [4.69, 9.17) is 10.3 Å². The number of nitrogen functional groups attached to an aromatic ring is 1. The van der Waals surface area contributed by atoms with Gasteiger partial charge in [0.25, 0.3) is 5.95 Å². The topological polar surface area (TPSA) is 108 Å². The molecule has 0 amide bonds. The fourth-order valence-electron chi connectivity index (χ4n) is 3.76. The summed E-state index contributed by atoms with van der Waals surface area (Å²) < 4.78 is 20.8. The molecule has 1 aliphatic heterocycles. The molecule has 3 N–H and O–H groups in total. The molecule has 0 fully saturated rings. The lowest BCUT2D eigenvalue weighted by Crippen LogP contribution is -2.18. The van der Waals surface area contributed by atoms with E-state index in [0.717, 1.165) is 11.3 Å². The van der Waals surface area contributed by atoms with Crippen LogP contribution >= 0.6 is 0 Å². The molecule has 5 rings (SSSR count). The van der Waals surface area contributed by atoms with Gasteiger partial charge in [-0.2, -0.15) is 15.1 Å². The highest BCUT2D eigenvalue weighted by Gasteiger charge is 2.38. The number of rotatable bonds is 4. The van der Waals surface area contributed by atoms with Crippen LogP contribution in [-0.2, 0) is 11.8 Å². The highest BCUT2D eigenvalue weighted by molar-refractivity contribution is 5.71. The first-order chi connectivity index (χ1) is 14.8. The summed E-state index contributed by atoms with van der Waals surface area (Å²) in [7, 11) is 0. The largest absolute Gasteiger partial charge is 0.383 e. The molecule has 156 valence electrons. The summed E-state index contributed by atoms with van der Waals surface area (Å²) in [5, 5.41) is 11.8. The van der Waals surface area contributed by atoms with E-state index in [2.05, 4.69) is 32.1 Å². The molecule has 0 unspecified atom stereocenters. The summed E-state index contributed by atoms with van der Waals surface area (Å²) in [6.45, 7) is 8.08. The van der Waals surface area contributed by atoms with E-state index >= 15 is 0 Å². The Balaban J connectivity index is 1.62. The van der Waals surface area contributed by atoms with E-state index in [1.807, 2.05) is 13.8 Å². The van der Waals surface area contributed by atoms with Crippen molar-refractivity contribution in [2.75, 3.05) is 11.1 Å². The van der Waals surface area contributed by atoms with Gasteiger partial charge in [-0.05, 0) is 25.5 Å².